The molecule has 0 fully saturated rings. The number of nitrogens with one attached hydrogen (secondary N) is 1. The zero-order chi connectivity index (χ0) is 14.4. The van der Waals surface area contributed by atoms with Gasteiger partial charge in [0.2, 0.25) is 0 Å². The summed E-state index contributed by atoms with van der Waals surface area (Å²) in [4.78, 5) is 11.7. The minimum atomic E-state index is -0.573. The van der Waals surface area contributed by atoms with Gasteiger partial charge in [0.05, 0.1) is 11.3 Å². The Balaban J connectivity index is 1.99. The van der Waals surface area contributed by atoms with E-state index in [1.807, 2.05) is 43.3 Å². The van der Waals surface area contributed by atoms with Gasteiger partial charge in [-0.05, 0) is 24.1 Å². The van der Waals surface area contributed by atoms with Crippen molar-refractivity contribution in [3.8, 4) is 6.07 Å². The van der Waals surface area contributed by atoms with E-state index in [0.29, 0.717) is 11.3 Å². The third kappa shape index (κ3) is 3.36. The molecule has 0 aliphatic carbocycles. The predicted molar refractivity (Wildman–Crippen MR) is 76.1 cm³/mol. The fourth-order valence-electron chi connectivity index (χ4n) is 1.79. The highest BCUT2D eigenvalue weighted by molar-refractivity contribution is 5.86. The lowest BCUT2D eigenvalue weighted by Crippen LogP contribution is -2.14. The van der Waals surface area contributed by atoms with Crippen LogP contribution in [-0.2, 0) is 11.3 Å². The van der Waals surface area contributed by atoms with Crippen LogP contribution in [0, 0.1) is 18.3 Å². The monoisotopic (exact) mass is 266 g/mol. The van der Waals surface area contributed by atoms with E-state index in [1.54, 1.807) is 12.1 Å². The number of rotatable bonds is 3. The number of carbonyl (C=O) groups excluding carboxylic acids is 1. The number of carbonyl (C=O) groups is 1. The lowest BCUT2D eigenvalue weighted by molar-refractivity contribution is 0.155. The first-order valence-electron chi connectivity index (χ1n) is 6.18. The second-order valence-electron chi connectivity index (χ2n) is 4.30. The van der Waals surface area contributed by atoms with Crippen LogP contribution in [0.4, 0.5) is 10.5 Å². The van der Waals surface area contributed by atoms with Crippen LogP contribution in [0.15, 0.2) is 48.5 Å². The van der Waals surface area contributed by atoms with E-state index in [4.69, 9.17) is 10.00 Å². The maximum Gasteiger partial charge on any atom is 0.411 e. The Labute approximate surface area is 117 Å². The van der Waals surface area contributed by atoms with E-state index >= 15 is 0 Å². The summed E-state index contributed by atoms with van der Waals surface area (Å²) >= 11 is 0. The number of nitriles is 1. The standard InChI is InChI=1S/C16H14N2O2/c1-12-6-5-9-15(14(12)10-17)18-16(19)20-11-13-7-3-2-4-8-13/h2-9H,11H2,1H3,(H,18,19). The molecule has 0 bridgehead atoms. The summed E-state index contributed by atoms with van der Waals surface area (Å²) in [7, 11) is 0. The molecule has 0 aliphatic rings. The van der Waals surface area contributed by atoms with E-state index in [0.717, 1.165) is 11.1 Å². The number of hydrogen-bond donors (Lipinski definition) is 1. The molecule has 0 saturated heterocycles. The molecule has 0 heterocycles. The minimum Gasteiger partial charge on any atom is -0.444 e. The van der Waals surface area contributed by atoms with Crippen molar-refractivity contribution in [1.29, 1.82) is 5.26 Å². The van der Waals surface area contributed by atoms with Crippen LogP contribution in [0.3, 0.4) is 0 Å². The molecule has 4 nitrogen and oxygen atoms in total. The molecule has 2 aromatic rings. The van der Waals surface area contributed by atoms with Gasteiger partial charge in [-0.25, -0.2) is 4.79 Å². The van der Waals surface area contributed by atoms with Gasteiger partial charge < -0.3 is 4.74 Å². The van der Waals surface area contributed by atoms with Crippen LogP contribution in [0.5, 0.6) is 0 Å². The van der Waals surface area contributed by atoms with Gasteiger partial charge in [0.1, 0.15) is 12.7 Å². The Bertz CT molecular complexity index is 645. The molecule has 0 aliphatic heterocycles. The van der Waals surface area contributed by atoms with Gasteiger partial charge in [0.15, 0.2) is 0 Å². The average Bonchev–Trinajstić information content (AvgIpc) is 2.46. The van der Waals surface area contributed by atoms with E-state index in [9.17, 15) is 4.79 Å². The Hall–Kier alpha value is -2.80. The molecule has 20 heavy (non-hydrogen) atoms. The van der Waals surface area contributed by atoms with Crippen LogP contribution in [0.1, 0.15) is 16.7 Å². The third-order valence-electron chi connectivity index (χ3n) is 2.83. The molecule has 2 aromatic carbocycles. The second-order valence-corrected chi connectivity index (χ2v) is 4.30. The summed E-state index contributed by atoms with van der Waals surface area (Å²) in [6.45, 7) is 2.01. The van der Waals surface area contributed by atoms with Crippen LogP contribution >= 0.6 is 0 Å². The number of ether oxygens (including phenoxy) is 1. The van der Waals surface area contributed by atoms with Crippen molar-refractivity contribution in [1.82, 2.24) is 0 Å². The Morgan fingerprint density at radius 1 is 1.20 bits per heavy atom. The van der Waals surface area contributed by atoms with Crippen molar-refractivity contribution < 1.29 is 9.53 Å². The Morgan fingerprint density at radius 3 is 2.65 bits per heavy atom. The Kier molecular flexibility index (Phi) is 4.35. The lowest BCUT2D eigenvalue weighted by atomic mass is 10.1. The van der Waals surface area contributed by atoms with E-state index in [2.05, 4.69) is 11.4 Å². The normalized spacial score (nSPS) is 9.60. The highest BCUT2D eigenvalue weighted by Gasteiger charge is 2.09. The van der Waals surface area contributed by atoms with Crippen LogP contribution in [-0.4, -0.2) is 6.09 Å². The highest BCUT2D eigenvalue weighted by Crippen LogP contribution is 2.18. The summed E-state index contributed by atoms with van der Waals surface area (Å²) in [5, 5.41) is 11.7. The van der Waals surface area contributed by atoms with Gasteiger partial charge >= 0.3 is 6.09 Å². The topological polar surface area (TPSA) is 62.1 Å². The second kappa shape index (κ2) is 6.39. The van der Waals surface area contributed by atoms with Crippen molar-refractivity contribution in [2.45, 2.75) is 13.5 Å². The Morgan fingerprint density at radius 2 is 1.95 bits per heavy atom. The fourth-order valence-corrected chi connectivity index (χ4v) is 1.79. The molecule has 0 unspecified atom stereocenters. The molecule has 0 spiro atoms. The largest absolute Gasteiger partial charge is 0.444 e. The summed E-state index contributed by atoms with van der Waals surface area (Å²) in [6, 6.07) is 16.8. The molecule has 0 atom stereocenters. The quantitative estimate of drug-likeness (QED) is 0.923. The zero-order valence-corrected chi connectivity index (χ0v) is 11.1. The van der Waals surface area contributed by atoms with Crippen LogP contribution < -0.4 is 5.32 Å². The molecular formula is C16H14N2O2. The van der Waals surface area contributed by atoms with Gasteiger partial charge in [-0.3, -0.25) is 5.32 Å². The number of benzene rings is 2. The van der Waals surface area contributed by atoms with Gasteiger partial charge in [0, 0.05) is 0 Å². The van der Waals surface area contributed by atoms with Gasteiger partial charge in [0.25, 0.3) is 0 Å². The molecule has 0 aromatic heterocycles. The van der Waals surface area contributed by atoms with E-state index < -0.39 is 6.09 Å². The maximum atomic E-state index is 11.7. The van der Waals surface area contributed by atoms with Crippen molar-refractivity contribution in [3.05, 3.63) is 65.2 Å². The average molecular weight is 266 g/mol. The molecule has 2 rings (SSSR count). The number of hydrogen-bond acceptors (Lipinski definition) is 3. The van der Waals surface area contributed by atoms with E-state index in [-0.39, 0.29) is 6.61 Å². The SMILES string of the molecule is Cc1cccc(NC(=O)OCc2ccccc2)c1C#N. The molecule has 4 heteroatoms. The molecule has 100 valence electrons. The van der Waals surface area contributed by atoms with Gasteiger partial charge in [-0.2, -0.15) is 5.26 Å². The number of anilines is 1. The molecule has 0 radical (unpaired) electrons. The van der Waals surface area contributed by atoms with Crippen molar-refractivity contribution in [3.63, 3.8) is 0 Å². The van der Waals surface area contributed by atoms with Gasteiger partial charge in [-0.15, -0.1) is 0 Å². The summed E-state index contributed by atoms with van der Waals surface area (Å²) in [5.74, 6) is 0. The molecule has 1 N–H and O–H groups in total. The van der Waals surface area contributed by atoms with Crippen LogP contribution in [0.2, 0.25) is 0 Å². The van der Waals surface area contributed by atoms with Gasteiger partial charge in [-0.1, -0.05) is 42.5 Å². The van der Waals surface area contributed by atoms with E-state index in [1.165, 1.54) is 0 Å². The smallest absolute Gasteiger partial charge is 0.411 e. The van der Waals surface area contributed by atoms with Crippen molar-refractivity contribution in [2.75, 3.05) is 5.32 Å². The zero-order valence-electron chi connectivity index (χ0n) is 11.1. The van der Waals surface area contributed by atoms with Crippen molar-refractivity contribution >= 4 is 11.8 Å². The summed E-state index contributed by atoms with van der Waals surface area (Å²) in [6.07, 6.45) is -0.573. The minimum absolute atomic E-state index is 0.195. The number of amides is 1. The maximum absolute atomic E-state index is 11.7. The van der Waals surface area contributed by atoms with Crippen LogP contribution in [0.25, 0.3) is 0 Å². The lowest BCUT2D eigenvalue weighted by Gasteiger charge is -2.09. The van der Waals surface area contributed by atoms with Crippen molar-refractivity contribution in [2.24, 2.45) is 0 Å². The first-order chi connectivity index (χ1) is 9.70. The fraction of sp³-hybridized carbons (Fsp3) is 0.125. The molecule has 1 amide bonds. The number of nitrogens with zero attached hydrogens (tertiary/aromatic N) is 1. The molecule has 0 saturated carbocycles. The predicted octanol–water partition coefficient (Wildman–Crippen LogP) is 3.62. The summed E-state index contributed by atoms with van der Waals surface area (Å²) in [5.41, 5.74) is 2.63. The molecular weight excluding hydrogens is 252 g/mol. The first kappa shape index (κ1) is 13.6. The number of aryl methyl sites for hydroxylation is 1. The third-order valence-corrected chi connectivity index (χ3v) is 2.83. The highest BCUT2D eigenvalue weighted by atomic mass is 16.5. The summed E-state index contributed by atoms with van der Waals surface area (Å²) < 4.78 is 5.11. The first-order valence-corrected chi connectivity index (χ1v) is 6.18.